The standard InChI is InChI=1S/C12H12N2O/c1-9-4-3-5-11(6-9)14-12(15)7-10(2)8-13-14/h3-8H,1-2H3. The van der Waals surface area contributed by atoms with Crippen molar-refractivity contribution < 1.29 is 0 Å². The first-order valence-electron chi connectivity index (χ1n) is 4.80. The van der Waals surface area contributed by atoms with E-state index in [4.69, 9.17) is 0 Å². The number of aryl methyl sites for hydroxylation is 2. The number of benzene rings is 1. The molecule has 0 unspecified atom stereocenters. The number of nitrogens with zero attached hydrogens (tertiary/aromatic N) is 2. The fraction of sp³-hybridized carbons (Fsp3) is 0.167. The molecule has 0 saturated heterocycles. The van der Waals surface area contributed by atoms with E-state index < -0.39 is 0 Å². The molecule has 2 aromatic rings. The van der Waals surface area contributed by atoms with Crippen molar-refractivity contribution in [2.24, 2.45) is 0 Å². The fourth-order valence-electron chi connectivity index (χ4n) is 1.45. The number of hydrogen-bond acceptors (Lipinski definition) is 2. The zero-order valence-electron chi connectivity index (χ0n) is 8.77. The molecule has 0 aliphatic carbocycles. The van der Waals surface area contributed by atoms with Gasteiger partial charge in [-0.2, -0.15) is 9.78 Å². The van der Waals surface area contributed by atoms with Crippen LogP contribution in [-0.4, -0.2) is 9.78 Å². The van der Waals surface area contributed by atoms with Gasteiger partial charge in [0.1, 0.15) is 0 Å². The van der Waals surface area contributed by atoms with E-state index in [2.05, 4.69) is 5.10 Å². The quantitative estimate of drug-likeness (QED) is 0.704. The van der Waals surface area contributed by atoms with Crippen LogP contribution in [0.5, 0.6) is 0 Å². The van der Waals surface area contributed by atoms with Gasteiger partial charge in [0.15, 0.2) is 0 Å². The van der Waals surface area contributed by atoms with Crippen LogP contribution in [0.1, 0.15) is 11.1 Å². The van der Waals surface area contributed by atoms with Crippen LogP contribution in [0, 0.1) is 13.8 Å². The van der Waals surface area contributed by atoms with Gasteiger partial charge < -0.3 is 0 Å². The van der Waals surface area contributed by atoms with Gasteiger partial charge in [0.05, 0.1) is 11.9 Å². The maximum atomic E-state index is 11.7. The summed E-state index contributed by atoms with van der Waals surface area (Å²) >= 11 is 0. The molecule has 1 heterocycles. The number of rotatable bonds is 1. The molecule has 0 N–H and O–H groups in total. The molecule has 0 atom stereocenters. The third kappa shape index (κ3) is 1.96. The van der Waals surface area contributed by atoms with Crippen LogP contribution < -0.4 is 5.56 Å². The number of hydrogen-bond donors (Lipinski definition) is 0. The second-order valence-corrected chi connectivity index (χ2v) is 3.62. The summed E-state index contributed by atoms with van der Waals surface area (Å²) in [6, 6.07) is 9.29. The molecule has 3 heteroatoms. The van der Waals surface area contributed by atoms with E-state index in [9.17, 15) is 4.79 Å². The van der Waals surface area contributed by atoms with Gasteiger partial charge >= 0.3 is 0 Å². The molecule has 76 valence electrons. The SMILES string of the molecule is Cc1cccc(-n2ncc(C)cc2=O)c1. The summed E-state index contributed by atoms with van der Waals surface area (Å²) < 4.78 is 1.40. The van der Waals surface area contributed by atoms with Gasteiger partial charge in [0.25, 0.3) is 5.56 Å². The minimum atomic E-state index is -0.0967. The zero-order valence-corrected chi connectivity index (χ0v) is 8.77. The molecule has 2 rings (SSSR count). The summed E-state index contributed by atoms with van der Waals surface area (Å²) in [5, 5.41) is 4.09. The lowest BCUT2D eigenvalue weighted by atomic mass is 10.2. The van der Waals surface area contributed by atoms with E-state index in [1.54, 1.807) is 12.3 Å². The van der Waals surface area contributed by atoms with E-state index in [0.717, 1.165) is 16.8 Å². The van der Waals surface area contributed by atoms with Crippen LogP contribution in [-0.2, 0) is 0 Å². The van der Waals surface area contributed by atoms with Gasteiger partial charge in [-0.1, -0.05) is 12.1 Å². The Morgan fingerprint density at radius 1 is 1.13 bits per heavy atom. The number of aromatic nitrogens is 2. The molecule has 0 radical (unpaired) electrons. The normalized spacial score (nSPS) is 10.3. The molecule has 0 aliphatic heterocycles. The molecular weight excluding hydrogens is 188 g/mol. The highest BCUT2D eigenvalue weighted by Crippen LogP contribution is 2.06. The van der Waals surface area contributed by atoms with Crippen molar-refractivity contribution in [3.05, 3.63) is 58.0 Å². The topological polar surface area (TPSA) is 34.9 Å². The largest absolute Gasteiger partial charge is 0.271 e. The summed E-state index contributed by atoms with van der Waals surface area (Å²) in [4.78, 5) is 11.7. The van der Waals surface area contributed by atoms with Crippen molar-refractivity contribution in [1.82, 2.24) is 9.78 Å². The highest BCUT2D eigenvalue weighted by Gasteiger charge is 2.00. The third-order valence-corrected chi connectivity index (χ3v) is 2.18. The second-order valence-electron chi connectivity index (χ2n) is 3.62. The van der Waals surface area contributed by atoms with Crippen LogP contribution in [0.3, 0.4) is 0 Å². The molecule has 0 bridgehead atoms. The van der Waals surface area contributed by atoms with Crippen molar-refractivity contribution in [1.29, 1.82) is 0 Å². The summed E-state index contributed by atoms with van der Waals surface area (Å²) in [7, 11) is 0. The molecule has 15 heavy (non-hydrogen) atoms. The lowest BCUT2D eigenvalue weighted by Crippen LogP contribution is -2.20. The Labute approximate surface area is 88.0 Å². The Morgan fingerprint density at radius 3 is 2.60 bits per heavy atom. The van der Waals surface area contributed by atoms with Crippen molar-refractivity contribution in [3.8, 4) is 5.69 Å². The van der Waals surface area contributed by atoms with Crippen LogP contribution in [0.15, 0.2) is 41.3 Å². The summed E-state index contributed by atoms with van der Waals surface area (Å²) in [6.45, 7) is 3.84. The molecule has 0 saturated carbocycles. The molecular formula is C12H12N2O. The Hall–Kier alpha value is -1.90. The predicted molar refractivity (Wildman–Crippen MR) is 59.3 cm³/mol. The molecule has 0 amide bonds. The molecule has 0 fully saturated rings. The monoisotopic (exact) mass is 200 g/mol. The third-order valence-electron chi connectivity index (χ3n) is 2.18. The van der Waals surface area contributed by atoms with E-state index in [-0.39, 0.29) is 5.56 Å². The minimum absolute atomic E-state index is 0.0967. The lowest BCUT2D eigenvalue weighted by molar-refractivity contribution is 0.799. The average Bonchev–Trinajstić information content (AvgIpc) is 2.17. The second kappa shape index (κ2) is 3.69. The van der Waals surface area contributed by atoms with Gasteiger partial charge in [-0.3, -0.25) is 4.79 Å². The molecule has 0 spiro atoms. The summed E-state index contributed by atoms with van der Waals surface area (Å²) in [6.07, 6.45) is 1.68. The van der Waals surface area contributed by atoms with Crippen LogP contribution >= 0.6 is 0 Å². The van der Waals surface area contributed by atoms with Crippen LogP contribution in [0.4, 0.5) is 0 Å². The highest BCUT2D eigenvalue weighted by molar-refractivity contribution is 5.34. The summed E-state index contributed by atoms with van der Waals surface area (Å²) in [5.41, 5.74) is 2.70. The first-order chi connectivity index (χ1) is 7.16. The highest BCUT2D eigenvalue weighted by atomic mass is 16.1. The average molecular weight is 200 g/mol. The van der Waals surface area contributed by atoms with Crippen molar-refractivity contribution in [2.75, 3.05) is 0 Å². The van der Waals surface area contributed by atoms with Crippen molar-refractivity contribution >= 4 is 0 Å². The van der Waals surface area contributed by atoms with Crippen LogP contribution in [0.2, 0.25) is 0 Å². The molecule has 3 nitrogen and oxygen atoms in total. The Balaban J connectivity index is 2.59. The molecule has 1 aromatic carbocycles. The maximum absolute atomic E-state index is 11.7. The van der Waals surface area contributed by atoms with Crippen LogP contribution in [0.25, 0.3) is 5.69 Å². The van der Waals surface area contributed by atoms with Gasteiger partial charge in [-0.15, -0.1) is 0 Å². The summed E-state index contributed by atoms with van der Waals surface area (Å²) in [5.74, 6) is 0. The van der Waals surface area contributed by atoms with Gasteiger partial charge in [-0.05, 0) is 37.1 Å². The van der Waals surface area contributed by atoms with E-state index >= 15 is 0 Å². The first-order valence-corrected chi connectivity index (χ1v) is 4.80. The predicted octanol–water partition coefficient (Wildman–Crippen LogP) is 1.85. The Kier molecular flexibility index (Phi) is 2.37. The van der Waals surface area contributed by atoms with Crippen molar-refractivity contribution in [3.63, 3.8) is 0 Å². The molecule has 1 aromatic heterocycles. The van der Waals surface area contributed by atoms with Crippen molar-refractivity contribution in [2.45, 2.75) is 13.8 Å². The minimum Gasteiger partial charge on any atom is -0.267 e. The smallest absolute Gasteiger partial charge is 0.267 e. The fourth-order valence-corrected chi connectivity index (χ4v) is 1.45. The zero-order chi connectivity index (χ0) is 10.8. The maximum Gasteiger partial charge on any atom is 0.271 e. The van der Waals surface area contributed by atoms with Gasteiger partial charge in [-0.25, -0.2) is 0 Å². The Morgan fingerprint density at radius 2 is 1.93 bits per heavy atom. The first kappa shape index (κ1) is 9.65. The molecule has 0 aliphatic rings. The van der Waals surface area contributed by atoms with E-state index in [1.807, 2.05) is 38.1 Å². The van der Waals surface area contributed by atoms with E-state index in [1.165, 1.54) is 4.68 Å². The lowest BCUT2D eigenvalue weighted by Gasteiger charge is -2.04. The Bertz CT molecular complexity index is 543. The van der Waals surface area contributed by atoms with Gasteiger partial charge in [0.2, 0.25) is 0 Å². The van der Waals surface area contributed by atoms with E-state index in [0.29, 0.717) is 0 Å². The van der Waals surface area contributed by atoms with Gasteiger partial charge in [0, 0.05) is 6.07 Å².